The number of anilines is 3. The van der Waals surface area contributed by atoms with Crippen LogP contribution in [-0.4, -0.2) is 24.2 Å². The normalized spacial score (nSPS) is 11.6. The summed E-state index contributed by atoms with van der Waals surface area (Å²) in [5.41, 5.74) is 2.83. The molecule has 0 spiro atoms. The van der Waals surface area contributed by atoms with E-state index in [0.29, 0.717) is 11.7 Å². The van der Waals surface area contributed by atoms with Crippen molar-refractivity contribution in [1.29, 1.82) is 0 Å². The van der Waals surface area contributed by atoms with Crippen LogP contribution < -0.4 is 20.1 Å². The van der Waals surface area contributed by atoms with E-state index < -0.39 is 0 Å². The Bertz CT molecular complexity index is 900. The maximum Gasteiger partial charge on any atom is 0.229 e. The molecule has 0 aliphatic heterocycles. The van der Waals surface area contributed by atoms with Crippen molar-refractivity contribution in [3.05, 3.63) is 65.9 Å². The first kappa shape index (κ1) is 18.5. The van der Waals surface area contributed by atoms with Crippen molar-refractivity contribution in [2.45, 2.75) is 19.9 Å². The van der Waals surface area contributed by atoms with Crippen molar-refractivity contribution < 1.29 is 9.47 Å². The van der Waals surface area contributed by atoms with Crippen LogP contribution in [0.4, 0.5) is 17.5 Å². The molecule has 3 rings (SSSR count). The Morgan fingerprint density at radius 3 is 2.41 bits per heavy atom. The third-order valence-corrected chi connectivity index (χ3v) is 4.17. The molecule has 1 aromatic heterocycles. The highest BCUT2D eigenvalue weighted by molar-refractivity contribution is 5.65. The molecule has 3 aromatic rings. The lowest BCUT2D eigenvalue weighted by atomic mass is 10.1. The number of aryl methyl sites for hydroxylation is 1. The highest BCUT2D eigenvalue weighted by Gasteiger charge is 2.10. The Kier molecular flexibility index (Phi) is 5.76. The van der Waals surface area contributed by atoms with E-state index in [4.69, 9.17) is 9.47 Å². The molecular formula is C21H24N4O2. The molecule has 0 saturated heterocycles. The van der Waals surface area contributed by atoms with Crippen LogP contribution in [0, 0.1) is 6.92 Å². The predicted octanol–water partition coefficient (Wildman–Crippen LogP) is 4.72. The van der Waals surface area contributed by atoms with Gasteiger partial charge in [-0.1, -0.05) is 30.3 Å². The monoisotopic (exact) mass is 364 g/mol. The van der Waals surface area contributed by atoms with Crippen LogP contribution in [0.3, 0.4) is 0 Å². The van der Waals surface area contributed by atoms with Gasteiger partial charge in [0.25, 0.3) is 0 Å². The Morgan fingerprint density at radius 1 is 0.926 bits per heavy atom. The number of nitrogens with one attached hydrogen (secondary N) is 2. The lowest BCUT2D eigenvalue weighted by Gasteiger charge is -2.17. The van der Waals surface area contributed by atoms with Crippen LogP contribution in [0.2, 0.25) is 0 Å². The molecule has 0 fully saturated rings. The van der Waals surface area contributed by atoms with E-state index in [9.17, 15) is 0 Å². The van der Waals surface area contributed by atoms with Gasteiger partial charge < -0.3 is 20.1 Å². The fourth-order valence-corrected chi connectivity index (χ4v) is 2.77. The zero-order chi connectivity index (χ0) is 19.2. The standard InChI is InChI=1S/C21H24N4O2/c1-14-12-20(23-15(2)16-8-6-5-7-9-16)25-21(22-14)24-18-11-10-17(26-3)13-19(18)27-4/h5-13,15H,1-4H3,(H2,22,23,24,25). The van der Waals surface area contributed by atoms with Crippen molar-refractivity contribution in [3.63, 3.8) is 0 Å². The van der Waals surface area contributed by atoms with Gasteiger partial charge >= 0.3 is 0 Å². The second-order valence-electron chi connectivity index (χ2n) is 6.19. The van der Waals surface area contributed by atoms with E-state index >= 15 is 0 Å². The summed E-state index contributed by atoms with van der Waals surface area (Å²) in [6.45, 7) is 4.04. The number of methoxy groups -OCH3 is 2. The Hall–Kier alpha value is -3.28. The second kappa shape index (κ2) is 8.40. The summed E-state index contributed by atoms with van der Waals surface area (Å²) in [6, 6.07) is 17.9. The smallest absolute Gasteiger partial charge is 0.229 e. The zero-order valence-electron chi connectivity index (χ0n) is 16.0. The first-order valence-corrected chi connectivity index (χ1v) is 8.75. The number of rotatable bonds is 7. The molecule has 6 heteroatoms. The molecule has 140 valence electrons. The van der Waals surface area contributed by atoms with E-state index in [2.05, 4.69) is 39.7 Å². The van der Waals surface area contributed by atoms with Gasteiger partial charge in [0.2, 0.25) is 5.95 Å². The number of ether oxygens (including phenoxy) is 2. The summed E-state index contributed by atoms with van der Waals surface area (Å²) < 4.78 is 10.7. The van der Waals surface area contributed by atoms with Crippen LogP contribution in [0.5, 0.6) is 11.5 Å². The number of hydrogen-bond acceptors (Lipinski definition) is 6. The van der Waals surface area contributed by atoms with E-state index in [1.165, 1.54) is 5.56 Å². The van der Waals surface area contributed by atoms with Gasteiger partial charge in [0.05, 0.1) is 19.9 Å². The molecule has 0 saturated carbocycles. The molecule has 6 nitrogen and oxygen atoms in total. The van der Waals surface area contributed by atoms with Crippen molar-refractivity contribution in [2.75, 3.05) is 24.9 Å². The SMILES string of the molecule is COc1ccc(Nc2nc(C)cc(NC(C)c3ccccc3)n2)c(OC)c1. The largest absolute Gasteiger partial charge is 0.497 e. The van der Waals surface area contributed by atoms with Gasteiger partial charge in [-0.3, -0.25) is 0 Å². The van der Waals surface area contributed by atoms with E-state index in [1.807, 2.05) is 49.4 Å². The maximum absolute atomic E-state index is 5.43. The van der Waals surface area contributed by atoms with Gasteiger partial charge in [0.1, 0.15) is 17.3 Å². The fraction of sp³-hybridized carbons (Fsp3) is 0.238. The third kappa shape index (κ3) is 4.67. The minimum Gasteiger partial charge on any atom is -0.497 e. The summed E-state index contributed by atoms with van der Waals surface area (Å²) in [5.74, 6) is 2.64. The first-order chi connectivity index (χ1) is 13.1. The summed E-state index contributed by atoms with van der Waals surface area (Å²) in [4.78, 5) is 9.07. The Labute approximate surface area is 159 Å². The summed E-state index contributed by atoms with van der Waals surface area (Å²) in [7, 11) is 3.24. The Balaban J connectivity index is 1.81. The van der Waals surface area contributed by atoms with Gasteiger partial charge in [-0.25, -0.2) is 4.98 Å². The van der Waals surface area contributed by atoms with Crippen molar-refractivity contribution >= 4 is 17.5 Å². The lowest BCUT2D eigenvalue weighted by Crippen LogP contribution is -2.10. The topological polar surface area (TPSA) is 68.3 Å². The fourth-order valence-electron chi connectivity index (χ4n) is 2.77. The molecule has 1 atom stereocenters. The van der Waals surface area contributed by atoms with Gasteiger partial charge in [0, 0.05) is 23.9 Å². The molecule has 1 heterocycles. The van der Waals surface area contributed by atoms with Crippen molar-refractivity contribution in [1.82, 2.24) is 9.97 Å². The minimum atomic E-state index is 0.129. The van der Waals surface area contributed by atoms with E-state index in [1.54, 1.807) is 14.2 Å². The Morgan fingerprint density at radius 2 is 1.70 bits per heavy atom. The van der Waals surface area contributed by atoms with Crippen LogP contribution >= 0.6 is 0 Å². The predicted molar refractivity (Wildman–Crippen MR) is 108 cm³/mol. The average molecular weight is 364 g/mol. The van der Waals surface area contributed by atoms with Gasteiger partial charge in [-0.15, -0.1) is 0 Å². The molecule has 1 unspecified atom stereocenters. The van der Waals surface area contributed by atoms with Gasteiger partial charge in [-0.05, 0) is 31.5 Å². The van der Waals surface area contributed by atoms with E-state index in [-0.39, 0.29) is 6.04 Å². The van der Waals surface area contributed by atoms with Crippen LogP contribution in [0.15, 0.2) is 54.6 Å². The molecule has 0 radical (unpaired) electrons. The highest BCUT2D eigenvalue weighted by Crippen LogP contribution is 2.31. The van der Waals surface area contributed by atoms with Crippen LogP contribution in [0.25, 0.3) is 0 Å². The van der Waals surface area contributed by atoms with Crippen molar-refractivity contribution in [2.24, 2.45) is 0 Å². The van der Waals surface area contributed by atoms with Crippen LogP contribution in [0.1, 0.15) is 24.2 Å². The molecule has 27 heavy (non-hydrogen) atoms. The molecule has 0 aliphatic rings. The molecular weight excluding hydrogens is 340 g/mol. The summed E-state index contributed by atoms with van der Waals surface area (Å²) in [5, 5.41) is 6.66. The summed E-state index contributed by atoms with van der Waals surface area (Å²) >= 11 is 0. The number of aromatic nitrogens is 2. The molecule has 0 bridgehead atoms. The second-order valence-corrected chi connectivity index (χ2v) is 6.19. The third-order valence-electron chi connectivity index (χ3n) is 4.17. The zero-order valence-corrected chi connectivity index (χ0v) is 16.0. The molecule has 2 N–H and O–H groups in total. The maximum atomic E-state index is 5.43. The van der Waals surface area contributed by atoms with Crippen LogP contribution in [-0.2, 0) is 0 Å². The lowest BCUT2D eigenvalue weighted by molar-refractivity contribution is 0.395. The molecule has 0 aliphatic carbocycles. The van der Waals surface area contributed by atoms with Crippen molar-refractivity contribution in [3.8, 4) is 11.5 Å². The van der Waals surface area contributed by atoms with Gasteiger partial charge in [-0.2, -0.15) is 4.98 Å². The quantitative estimate of drug-likeness (QED) is 0.632. The average Bonchev–Trinajstić information content (AvgIpc) is 2.68. The molecule has 0 amide bonds. The minimum absolute atomic E-state index is 0.129. The number of hydrogen-bond donors (Lipinski definition) is 2. The number of nitrogens with zero attached hydrogens (tertiary/aromatic N) is 2. The first-order valence-electron chi connectivity index (χ1n) is 8.75. The molecule has 2 aromatic carbocycles. The van der Waals surface area contributed by atoms with E-state index in [0.717, 1.165) is 22.9 Å². The number of benzene rings is 2. The highest BCUT2D eigenvalue weighted by atomic mass is 16.5. The van der Waals surface area contributed by atoms with Gasteiger partial charge in [0.15, 0.2) is 0 Å². The summed E-state index contributed by atoms with van der Waals surface area (Å²) in [6.07, 6.45) is 0.